The van der Waals surface area contributed by atoms with Crippen LogP contribution in [0.5, 0.6) is 5.75 Å². The van der Waals surface area contributed by atoms with Crippen LogP contribution in [0.3, 0.4) is 0 Å². The quantitative estimate of drug-likeness (QED) is 0.616. The summed E-state index contributed by atoms with van der Waals surface area (Å²) in [5.41, 5.74) is 0. The lowest BCUT2D eigenvalue weighted by molar-refractivity contribution is 0.343. The Kier molecular flexibility index (Phi) is 4.42. The number of thioether (sulfide) groups is 1. The highest BCUT2D eigenvalue weighted by Crippen LogP contribution is 2.37. The van der Waals surface area contributed by atoms with Gasteiger partial charge in [-0.25, -0.2) is 18.5 Å². The van der Waals surface area contributed by atoms with E-state index in [2.05, 4.69) is 9.55 Å². The van der Waals surface area contributed by atoms with E-state index in [1.807, 2.05) is 12.4 Å². The van der Waals surface area contributed by atoms with Gasteiger partial charge in [0.25, 0.3) is 0 Å². The van der Waals surface area contributed by atoms with Crippen LogP contribution in [0.2, 0.25) is 0 Å². The van der Waals surface area contributed by atoms with Crippen molar-refractivity contribution in [2.45, 2.75) is 28.9 Å². The molecular weight excluding hydrogens is 322 g/mol. The molecule has 0 unspecified atom stereocenters. The van der Waals surface area contributed by atoms with Gasteiger partial charge >= 0.3 is 0 Å². The molecule has 0 aliphatic heterocycles. The summed E-state index contributed by atoms with van der Waals surface area (Å²) >= 11 is 1.66. The molecule has 1 aliphatic rings. The first kappa shape index (κ1) is 15.4. The van der Waals surface area contributed by atoms with E-state index in [-0.39, 0.29) is 4.90 Å². The monoisotopic (exact) mass is 339 g/mol. The molecule has 1 fully saturated rings. The van der Waals surface area contributed by atoms with Crippen molar-refractivity contribution in [3.05, 3.63) is 36.7 Å². The van der Waals surface area contributed by atoms with Crippen LogP contribution in [0, 0.1) is 0 Å². The van der Waals surface area contributed by atoms with Crippen LogP contribution in [-0.4, -0.2) is 30.3 Å². The minimum atomic E-state index is -3.65. The summed E-state index contributed by atoms with van der Waals surface area (Å²) in [6.07, 6.45) is 6.31. The molecule has 0 saturated heterocycles. The second-order valence-electron chi connectivity index (χ2n) is 5.06. The van der Waals surface area contributed by atoms with E-state index < -0.39 is 10.0 Å². The lowest BCUT2D eigenvalue weighted by Gasteiger charge is -2.08. The molecule has 2 N–H and O–H groups in total. The molecule has 0 amide bonds. The Hall–Kier alpha value is -1.51. The highest BCUT2D eigenvalue weighted by Gasteiger charge is 2.25. The first-order valence-electron chi connectivity index (χ1n) is 6.95. The van der Waals surface area contributed by atoms with E-state index in [1.165, 1.54) is 25.0 Å². The van der Waals surface area contributed by atoms with Crippen molar-refractivity contribution in [2.75, 3.05) is 12.4 Å². The van der Waals surface area contributed by atoms with E-state index >= 15 is 0 Å². The third-order valence-corrected chi connectivity index (χ3v) is 5.18. The number of rotatable bonds is 7. The lowest BCUT2D eigenvalue weighted by Crippen LogP contribution is -2.11. The Morgan fingerprint density at radius 2 is 2.05 bits per heavy atom. The highest BCUT2D eigenvalue weighted by molar-refractivity contribution is 7.99. The van der Waals surface area contributed by atoms with Crippen molar-refractivity contribution in [3.8, 4) is 5.75 Å². The van der Waals surface area contributed by atoms with Gasteiger partial charge in [-0.2, -0.15) is 0 Å². The number of nitrogens with two attached hydrogens (primary N) is 1. The molecule has 118 valence electrons. The number of primary sulfonamides is 1. The maximum atomic E-state index is 11.2. The molecule has 0 spiro atoms. The summed E-state index contributed by atoms with van der Waals surface area (Å²) < 4.78 is 30.1. The maximum absolute atomic E-state index is 11.2. The summed E-state index contributed by atoms with van der Waals surface area (Å²) in [7, 11) is -3.65. The van der Waals surface area contributed by atoms with Gasteiger partial charge in [-0.1, -0.05) is 11.8 Å². The van der Waals surface area contributed by atoms with Gasteiger partial charge in [0.15, 0.2) is 5.16 Å². The fourth-order valence-electron chi connectivity index (χ4n) is 2.06. The number of sulfonamides is 1. The number of imidazole rings is 1. The molecule has 2 aromatic rings. The Morgan fingerprint density at radius 1 is 1.32 bits per heavy atom. The predicted octanol–water partition coefficient (Wildman–Crippen LogP) is 2.04. The maximum Gasteiger partial charge on any atom is 0.238 e. The van der Waals surface area contributed by atoms with Gasteiger partial charge in [0.1, 0.15) is 5.75 Å². The Morgan fingerprint density at radius 3 is 2.68 bits per heavy atom. The van der Waals surface area contributed by atoms with E-state index in [4.69, 9.17) is 9.88 Å². The fraction of sp³-hybridized carbons (Fsp3) is 0.357. The van der Waals surface area contributed by atoms with Crippen LogP contribution >= 0.6 is 11.8 Å². The standard InChI is InChI=1S/C14H17N3O3S2/c15-22(18,19)13-5-3-12(4-6-13)20-9-10-21-14-16-7-8-17(14)11-1-2-11/h3-8,11H,1-2,9-10H2,(H2,15,18,19). The average Bonchev–Trinajstić information content (AvgIpc) is 3.22. The third kappa shape index (κ3) is 3.82. The highest BCUT2D eigenvalue weighted by atomic mass is 32.2. The van der Waals surface area contributed by atoms with Crippen LogP contribution in [0.4, 0.5) is 0 Å². The van der Waals surface area contributed by atoms with Crippen LogP contribution < -0.4 is 9.88 Å². The van der Waals surface area contributed by atoms with Gasteiger partial charge < -0.3 is 9.30 Å². The average molecular weight is 339 g/mol. The van der Waals surface area contributed by atoms with Gasteiger partial charge in [0.2, 0.25) is 10.0 Å². The molecule has 1 saturated carbocycles. The predicted molar refractivity (Wildman–Crippen MR) is 84.5 cm³/mol. The van der Waals surface area contributed by atoms with Gasteiger partial charge in [-0.05, 0) is 37.1 Å². The largest absolute Gasteiger partial charge is 0.493 e. The minimum Gasteiger partial charge on any atom is -0.493 e. The Balaban J connectivity index is 1.48. The first-order valence-corrected chi connectivity index (χ1v) is 9.48. The van der Waals surface area contributed by atoms with Crippen molar-refractivity contribution in [2.24, 2.45) is 5.14 Å². The van der Waals surface area contributed by atoms with E-state index in [0.717, 1.165) is 10.9 Å². The summed E-state index contributed by atoms with van der Waals surface area (Å²) in [4.78, 5) is 4.43. The zero-order chi connectivity index (χ0) is 15.6. The number of aromatic nitrogens is 2. The lowest BCUT2D eigenvalue weighted by atomic mass is 10.3. The second-order valence-corrected chi connectivity index (χ2v) is 7.69. The van der Waals surface area contributed by atoms with Gasteiger partial charge in [0.05, 0.1) is 11.5 Å². The number of hydrogen-bond acceptors (Lipinski definition) is 5. The van der Waals surface area contributed by atoms with Gasteiger partial charge in [-0.3, -0.25) is 0 Å². The summed E-state index contributed by atoms with van der Waals surface area (Å²) in [5.74, 6) is 1.40. The third-order valence-electron chi connectivity index (χ3n) is 3.31. The van der Waals surface area contributed by atoms with E-state index in [9.17, 15) is 8.42 Å². The molecule has 0 radical (unpaired) electrons. The SMILES string of the molecule is NS(=O)(=O)c1ccc(OCCSc2nccn2C2CC2)cc1. The number of nitrogens with zero attached hydrogens (tertiary/aromatic N) is 2. The molecule has 0 bridgehead atoms. The molecule has 1 heterocycles. The number of ether oxygens (including phenoxy) is 1. The number of benzene rings is 1. The normalized spacial score (nSPS) is 15.0. The van der Waals surface area contributed by atoms with Crippen molar-refractivity contribution in [1.29, 1.82) is 0 Å². The zero-order valence-corrected chi connectivity index (χ0v) is 13.5. The van der Waals surface area contributed by atoms with Crippen LogP contribution in [0.25, 0.3) is 0 Å². The second kappa shape index (κ2) is 6.31. The van der Waals surface area contributed by atoms with Gasteiger partial charge in [-0.15, -0.1) is 0 Å². The first-order chi connectivity index (χ1) is 10.5. The smallest absolute Gasteiger partial charge is 0.238 e. The van der Waals surface area contributed by atoms with E-state index in [1.54, 1.807) is 23.9 Å². The molecule has 1 aliphatic carbocycles. The van der Waals surface area contributed by atoms with Gasteiger partial charge in [0, 0.05) is 24.2 Å². The molecular formula is C14H17N3O3S2. The molecule has 0 atom stereocenters. The van der Waals surface area contributed by atoms with Crippen molar-refractivity contribution >= 4 is 21.8 Å². The van der Waals surface area contributed by atoms with Crippen LogP contribution in [-0.2, 0) is 10.0 Å². The molecule has 22 heavy (non-hydrogen) atoms. The Labute approximate surface area is 133 Å². The summed E-state index contributed by atoms with van der Waals surface area (Å²) in [5, 5.41) is 6.07. The fourth-order valence-corrected chi connectivity index (χ4v) is 3.42. The van der Waals surface area contributed by atoms with E-state index in [0.29, 0.717) is 18.4 Å². The molecule has 6 nitrogen and oxygen atoms in total. The summed E-state index contributed by atoms with van der Waals surface area (Å²) in [6, 6.07) is 6.72. The van der Waals surface area contributed by atoms with Crippen molar-refractivity contribution in [3.63, 3.8) is 0 Å². The zero-order valence-electron chi connectivity index (χ0n) is 11.9. The van der Waals surface area contributed by atoms with Crippen molar-refractivity contribution < 1.29 is 13.2 Å². The molecule has 1 aromatic heterocycles. The summed E-state index contributed by atoms with van der Waals surface area (Å²) in [6.45, 7) is 0.525. The topological polar surface area (TPSA) is 87.2 Å². The molecule has 3 rings (SSSR count). The Bertz CT molecular complexity index is 737. The van der Waals surface area contributed by atoms with Crippen LogP contribution in [0.15, 0.2) is 46.7 Å². The van der Waals surface area contributed by atoms with Crippen molar-refractivity contribution in [1.82, 2.24) is 9.55 Å². The molecule has 8 heteroatoms. The molecule has 1 aromatic carbocycles. The minimum absolute atomic E-state index is 0.0840. The number of hydrogen-bond donors (Lipinski definition) is 1. The van der Waals surface area contributed by atoms with Crippen LogP contribution in [0.1, 0.15) is 18.9 Å².